The van der Waals surface area contributed by atoms with Crippen LogP contribution in [0.15, 0.2) is 35.1 Å². The Bertz CT molecular complexity index is 508. The summed E-state index contributed by atoms with van der Waals surface area (Å²) < 4.78 is 2.30. The van der Waals surface area contributed by atoms with Gasteiger partial charge in [-0.3, -0.25) is 4.79 Å². The molecule has 4 nitrogen and oxygen atoms in total. The van der Waals surface area contributed by atoms with E-state index in [4.69, 9.17) is 0 Å². The van der Waals surface area contributed by atoms with Gasteiger partial charge in [-0.1, -0.05) is 0 Å². The van der Waals surface area contributed by atoms with E-state index >= 15 is 0 Å². The van der Waals surface area contributed by atoms with E-state index < -0.39 is 0 Å². The molecule has 0 saturated heterocycles. The molecular formula is C10H7BrN2O2. The number of phenols is 1. The maximum atomic E-state index is 10.6. The van der Waals surface area contributed by atoms with Crippen molar-refractivity contribution in [1.82, 2.24) is 9.78 Å². The fourth-order valence-electron chi connectivity index (χ4n) is 1.23. The van der Waals surface area contributed by atoms with Crippen LogP contribution in [-0.2, 0) is 0 Å². The summed E-state index contributed by atoms with van der Waals surface area (Å²) in [6.07, 6.45) is 4.03. The molecule has 1 aromatic heterocycles. The summed E-state index contributed by atoms with van der Waals surface area (Å²) >= 11 is 3.26. The van der Waals surface area contributed by atoms with Crippen LogP contribution in [0.2, 0.25) is 0 Å². The number of nitrogens with zero attached hydrogens (tertiary/aromatic N) is 2. The Morgan fingerprint density at radius 1 is 1.47 bits per heavy atom. The fourth-order valence-corrected chi connectivity index (χ4v) is 1.52. The van der Waals surface area contributed by atoms with Gasteiger partial charge in [-0.15, -0.1) is 0 Å². The predicted octanol–water partition coefficient (Wildman–Crippen LogP) is 2.15. The van der Waals surface area contributed by atoms with Crippen LogP contribution in [0.4, 0.5) is 0 Å². The summed E-state index contributed by atoms with van der Waals surface area (Å²) in [6.45, 7) is 0. The van der Waals surface area contributed by atoms with Crippen molar-refractivity contribution >= 4 is 22.2 Å². The number of carbonyl (C=O) groups is 1. The lowest BCUT2D eigenvalue weighted by Gasteiger charge is -2.04. The van der Waals surface area contributed by atoms with Crippen molar-refractivity contribution in [2.75, 3.05) is 0 Å². The lowest BCUT2D eigenvalue weighted by molar-refractivity contribution is 0.112. The number of benzene rings is 1. The van der Waals surface area contributed by atoms with Gasteiger partial charge in [0.1, 0.15) is 17.7 Å². The van der Waals surface area contributed by atoms with Gasteiger partial charge in [0.05, 0.1) is 10.7 Å². The van der Waals surface area contributed by atoms with Crippen molar-refractivity contribution in [3.63, 3.8) is 0 Å². The molecule has 0 aliphatic heterocycles. The van der Waals surface area contributed by atoms with Gasteiger partial charge in [0.15, 0.2) is 0 Å². The van der Waals surface area contributed by atoms with Gasteiger partial charge in [0.2, 0.25) is 0 Å². The third-order valence-corrected chi connectivity index (χ3v) is 2.34. The number of aldehydes is 1. The Hall–Kier alpha value is -1.62. The number of hydrogen-bond donors (Lipinski definition) is 1. The molecule has 2 aromatic rings. The Morgan fingerprint density at radius 3 is 2.87 bits per heavy atom. The normalized spacial score (nSPS) is 10.2. The number of hydrogen-bond acceptors (Lipinski definition) is 3. The van der Waals surface area contributed by atoms with Crippen molar-refractivity contribution in [2.45, 2.75) is 0 Å². The number of halogens is 1. The Morgan fingerprint density at radius 2 is 2.27 bits per heavy atom. The second-order valence-corrected chi connectivity index (χ2v) is 3.88. The molecule has 0 spiro atoms. The van der Waals surface area contributed by atoms with Crippen LogP contribution < -0.4 is 0 Å². The average Bonchev–Trinajstić information content (AvgIpc) is 2.65. The number of aromatic nitrogens is 2. The molecule has 0 aliphatic carbocycles. The molecule has 0 amide bonds. The topological polar surface area (TPSA) is 55.1 Å². The first-order valence-electron chi connectivity index (χ1n) is 4.19. The molecule has 0 bridgehead atoms. The first kappa shape index (κ1) is 9.92. The third kappa shape index (κ3) is 1.92. The summed E-state index contributed by atoms with van der Waals surface area (Å²) in [5.74, 6) is 0.0798. The molecule has 1 N–H and O–H groups in total. The second kappa shape index (κ2) is 3.86. The zero-order valence-corrected chi connectivity index (χ0v) is 9.18. The number of carbonyl (C=O) groups excluding carboxylic acids is 1. The third-order valence-electron chi connectivity index (χ3n) is 1.93. The summed E-state index contributed by atoms with van der Waals surface area (Å²) in [5.41, 5.74) is 0.972. The fraction of sp³-hybridized carbons (Fsp3) is 0. The molecule has 0 aliphatic rings. The summed E-state index contributed by atoms with van der Waals surface area (Å²) in [6, 6.07) is 4.58. The summed E-state index contributed by atoms with van der Waals surface area (Å²) in [4.78, 5) is 10.6. The lowest BCUT2D eigenvalue weighted by atomic mass is 10.2. The molecule has 0 saturated carbocycles. The van der Waals surface area contributed by atoms with E-state index in [1.807, 2.05) is 0 Å². The van der Waals surface area contributed by atoms with E-state index in [9.17, 15) is 9.90 Å². The van der Waals surface area contributed by atoms with E-state index in [1.165, 1.54) is 10.7 Å². The van der Waals surface area contributed by atoms with Crippen molar-refractivity contribution < 1.29 is 9.90 Å². The molecule has 5 heteroatoms. The van der Waals surface area contributed by atoms with Crippen LogP contribution in [0.25, 0.3) is 5.69 Å². The van der Waals surface area contributed by atoms with E-state index in [2.05, 4.69) is 21.0 Å². The first-order chi connectivity index (χ1) is 7.20. The minimum Gasteiger partial charge on any atom is -0.506 e. The number of rotatable bonds is 2. The van der Waals surface area contributed by atoms with Crippen molar-refractivity contribution in [3.05, 3.63) is 40.6 Å². The summed E-state index contributed by atoms with van der Waals surface area (Å²) in [5, 5.41) is 13.6. The zero-order valence-electron chi connectivity index (χ0n) is 7.59. The largest absolute Gasteiger partial charge is 0.506 e. The van der Waals surface area contributed by atoms with Gasteiger partial charge in [-0.2, -0.15) is 5.10 Å². The Balaban J connectivity index is 2.55. The highest BCUT2D eigenvalue weighted by Crippen LogP contribution is 2.22. The standard InChI is InChI=1S/C10H7BrN2O2/c11-8-4-12-13(5-8)9-3-7(6-14)1-2-10(9)15/h1-6,15H. The smallest absolute Gasteiger partial charge is 0.150 e. The maximum Gasteiger partial charge on any atom is 0.150 e. The highest BCUT2D eigenvalue weighted by atomic mass is 79.9. The van der Waals surface area contributed by atoms with Crippen LogP contribution >= 0.6 is 15.9 Å². The predicted molar refractivity (Wildman–Crippen MR) is 58.3 cm³/mol. The van der Waals surface area contributed by atoms with Crippen molar-refractivity contribution in [2.24, 2.45) is 0 Å². The SMILES string of the molecule is O=Cc1ccc(O)c(-n2cc(Br)cn2)c1. The molecule has 0 fully saturated rings. The summed E-state index contributed by atoms with van der Waals surface area (Å²) in [7, 11) is 0. The monoisotopic (exact) mass is 266 g/mol. The molecule has 15 heavy (non-hydrogen) atoms. The molecule has 0 radical (unpaired) electrons. The minimum absolute atomic E-state index is 0.0798. The van der Waals surface area contributed by atoms with Gasteiger partial charge in [-0.25, -0.2) is 4.68 Å². The molecule has 1 aromatic carbocycles. The van der Waals surface area contributed by atoms with E-state index in [1.54, 1.807) is 24.5 Å². The van der Waals surface area contributed by atoms with Gasteiger partial charge in [0, 0.05) is 11.8 Å². The van der Waals surface area contributed by atoms with Crippen LogP contribution in [-0.4, -0.2) is 21.2 Å². The van der Waals surface area contributed by atoms with Crippen LogP contribution in [0.1, 0.15) is 10.4 Å². The molecule has 1 heterocycles. The second-order valence-electron chi connectivity index (χ2n) is 2.97. The van der Waals surface area contributed by atoms with Gasteiger partial charge in [0.25, 0.3) is 0 Å². The zero-order chi connectivity index (χ0) is 10.8. The molecular weight excluding hydrogens is 260 g/mol. The average molecular weight is 267 g/mol. The minimum atomic E-state index is 0.0798. The van der Waals surface area contributed by atoms with Crippen molar-refractivity contribution in [3.8, 4) is 11.4 Å². The van der Waals surface area contributed by atoms with Crippen LogP contribution in [0.5, 0.6) is 5.75 Å². The number of phenolic OH excluding ortho intramolecular Hbond substituents is 1. The van der Waals surface area contributed by atoms with E-state index in [0.717, 1.165) is 10.8 Å². The first-order valence-corrected chi connectivity index (χ1v) is 4.99. The molecule has 76 valence electrons. The van der Waals surface area contributed by atoms with Crippen LogP contribution in [0.3, 0.4) is 0 Å². The lowest BCUT2D eigenvalue weighted by Crippen LogP contribution is -1.95. The molecule has 0 atom stereocenters. The maximum absolute atomic E-state index is 10.6. The van der Waals surface area contributed by atoms with E-state index in [0.29, 0.717) is 11.3 Å². The van der Waals surface area contributed by atoms with Gasteiger partial charge >= 0.3 is 0 Å². The Kier molecular flexibility index (Phi) is 2.55. The van der Waals surface area contributed by atoms with Crippen LogP contribution in [0, 0.1) is 0 Å². The highest BCUT2D eigenvalue weighted by Gasteiger charge is 2.05. The van der Waals surface area contributed by atoms with E-state index in [-0.39, 0.29) is 5.75 Å². The van der Waals surface area contributed by atoms with Gasteiger partial charge < -0.3 is 5.11 Å². The quantitative estimate of drug-likeness (QED) is 0.848. The molecule has 0 unspecified atom stereocenters. The Labute approximate surface area is 94.3 Å². The number of aromatic hydroxyl groups is 1. The van der Waals surface area contributed by atoms with Gasteiger partial charge in [-0.05, 0) is 34.1 Å². The highest BCUT2D eigenvalue weighted by molar-refractivity contribution is 9.10. The van der Waals surface area contributed by atoms with Crippen molar-refractivity contribution in [1.29, 1.82) is 0 Å². The molecule has 2 rings (SSSR count).